The summed E-state index contributed by atoms with van der Waals surface area (Å²) >= 11 is 0. The molecular weight excluding hydrogens is 392 g/mol. The Morgan fingerprint density at radius 2 is 1.06 bits per heavy atom. The maximum atomic E-state index is 12.1. The minimum Gasteiger partial charge on any atom is -0.456 e. The highest BCUT2D eigenvalue weighted by Crippen LogP contribution is 2.21. The van der Waals surface area contributed by atoms with E-state index in [2.05, 4.69) is 0 Å². The van der Waals surface area contributed by atoms with Crippen LogP contribution in [0.1, 0.15) is 22.5 Å². The summed E-state index contributed by atoms with van der Waals surface area (Å²) in [5.41, 5.74) is 1.79. The average Bonchev–Trinajstić information content (AvgIpc) is 2.80. The topological polar surface area (TPSA) is 77.5 Å². The molecule has 0 saturated heterocycles. The summed E-state index contributed by atoms with van der Waals surface area (Å²) in [6.07, 6.45) is 3.67. The first-order valence-electron chi connectivity index (χ1n) is 9.79. The number of ketones is 1. The van der Waals surface area contributed by atoms with Gasteiger partial charge < -0.3 is 8.83 Å². The lowest BCUT2D eigenvalue weighted by Gasteiger charge is -2.08. The monoisotopic (exact) mass is 408 g/mol. The van der Waals surface area contributed by atoms with Gasteiger partial charge in [-0.3, -0.25) is 14.4 Å². The van der Waals surface area contributed by atoms with Crippen molar-refractivity contribution in [2.75, 3.05) is 0 Å². The minimum atomic E-state index is -0.230. The van der Waals surface area contributed by atoms with E-state index in [0.29, 0.717) is 38.7 Å². The van der Waals surface area contributed by atoms with Crippen LogP contribution < -0.4 is 10.9 Å². The number of rotatable bonds is 0. The van der Waals surface area contributed by atoms with Crippen molar-refractivity contribution in [1.82, 2.24) is 0 Å². The number of fused-ring (bicyclic) bond motifs is 4. The third-order valence-electron chi connectivity index (χ3n) is 5.16. The van der Waals surface area contributed by atoms with Crippen LogP contribution in [0.15, 0.2) is 97.3 Å². The van der Waals surface area contributed by atoms with E-state index in [4.69, 9.17) is 8.83 Å². The van der Waals surface area contributed by atoms with Crippen molar-refractivity contribution in [3.63, 3.8) is 0 Å². The Kier molecular flexibility index (Phi) is 4.56. The van der Waals surface area contributed by atoms with Crippen molar-refractivity contribution in [1.29, 1.82) is 0 Å². The molecule has 1 aliphatic rings. The van der Waals surface area contributed by atoms with E-state index in [-0.39, 0.29) is 28.6 Å². The number of benzene rings is 3. The van der Waals surface area contributed by atoms with E-state index in [1.165, 1.54) is 0 Å². The maximum Gasteiger partial charge on any atom is 0.204 e. The molecule has 0 atom stereocenters. The van der Waals surface area contributed by atoms with Crippen LogP contribution in [-0.2, 0) is 0 Å². The summed E-state index contributed by atoms with van der Waals surface area (Å²) in [6, 6.07) is 21.5. The number of allylic oxidation sites excluding steroid dienone is 1. The van der Waals surface area contributed by atoms with Gasteiger partial charge in [0, 0.05) is 6.42 Å². The molecule has 0 N–H and O–H groups in total. The maximum absolute atomic E-state index is 12.1. The predicted molar refractivity (Wildman–Crippen MR) is 120 cm³/mol. The summed E-state index contributed by atoms with van der Waals surface area (Å²) in [4.78, 5) is 35.7. The van der Waals surface area contributed by atoms with Gasteiger partial charge >= 0.3 is 0 Å². The molecule has 0 unspecified atom stereocenters. The van der Waals surface area contributed by atoms with Gasteiger partial charge in [0.05, 0.1) is 16.2 Å². The van der Waals surface area contributed by atoms with Crippen molar-refractivity contribution >= 4 is 44.8 Å². The summed E-state index contributed by atoms with van der Waals surface area (Å²) in [5.74, 6) is 0.206. The molecule has 0 aliphatic heterocycles. The molecule has 5 nitrogen and oxygen atoms in total. The number of carbonyl (C=O) groups is 1. The zero-order chi connectivity index (χ0) is 21.4. The van der Waals surface area contributed by atoms with Crippen molar-refractivity contribution in [2.45, 2.75) is 6.42 Å². The third kappa shape index (κ3) is 3.26. The average molecular weight is 408 g/mol. The molecule has 3 aromatic carbocycles. The summed E-state index contributed by atoms with van der Waals surface area (Å²) < 4.78 is 11.2. The smallest absolute Gasteiger partial charge is 0.204 e. The summed E-state index contributed by atoms with van der Waals surface area (Å²) in [5, 5.41) is 1.73. The predicted octanol–water partition coefficient (Wildman–Crippen LogP) is 5.34. The molecule has 5 aromatic rings. The second-order valence-electron chi connectivity index (χ2n) is 7.12. The molecule has 150 valence electrons. The molecule has 6 rings (SSSR count). The van der Waals surface area contributed by atoms with Crippen molar-refractivity contribution in [3.8, 4) is 0 Å². The third-order valence-corrected chi connectivity index (χ3v) is 5.16. The van der Waals surface area contributed by atoms with E-state index in [1.807, 2.05) is 36.4 Å². The van der Waals surface area contributed by atoms with Crippen molar-refractivity contribution in [2.24, 2.45) is 0 Å². The number of Topliss-reactive ketones (excluding diaryl/α,β-unsaturated/α-hetero) is 1. The van der Waals surface area contributed by atoms with Gasteiger partial charge in [0.1, 0.15) is 28.1 Å². The first kappa shape index (κ1) is 18.8. The second-order valence-corrected chi connectivity index (χ2v) is 7.12. The van der Waals surface area contributed by atoms with E-state index >= 15 is 0 Å². The van der Waals surface area contributed by atoms with Gasteiger partial charge in [-0.1, -0.05) is 42.5 Å². The second kappa shape index (κ2) is 7.54. The summed E-state index contributed by atoms with van der Waals surface area (Å²) in [7, 11) is 0. The molecule has 0 fully saturated rings. The highest BCUT2D eigenvalue weighted by molar-refractivity contribution is 6.03. The van der Waals surface area contributed by atoms with Crippen LogP contribution in [0.5, 0.6) is 0 Å². The molecule has 2 heterocycles. The molecule has 5 heteroatoms. The van der Waals surface area contributed by atoms with Gasteiger partial charge in [-0.05, 0) is 42.5 Å². The van der Waals surface area contributed by atoms with Crippen LogP contribution in [0.25, 0.3) is 39.0 Å². The molecule has 0 spiro atoms. The largest absolute Gasteiger partial charge is 0.456 e. The first-order chi connectivity index (χ1) is 15.1. The number of hydrogen-bond acceptors (Lipinski definition) is 5. The van der Waals surface area contributed by atoms with Gasteiger partial charge in [-0.25, -0.2) is 0 Å². The quantitative estimate of drug-likeness (QED) is 0.323. The Balaban J connectivity index is 0.000000132. The van der Waals surface area contributed by atoms with Crippen LogP contribution in [0.3, 0.4) is 0 Å². The SMILES string of the molecule is O=C1CC=Cc2oc3ccccc3c(=O)c21.O=c1c2ccccc2oc2ccccc12. The van der Waals surface area contributed by atoms with Crippen LogP contribution in [-0.4, -0.2) is 5.78 Å². The zero-order valence-corrected chi connectivity index (χ0v) is 16.3. The molecule has 1 aliphatic carbocycles. The van der Waals surface area contributed by atoms with E-state index in [0.717, 1.165) is 0 Å². The van der Waals surface area contributed by atoms with Crippen molar-refractivity contribution < 1.29 is 13.6 Å². The number of hydrogen-bond donors (Lipinski definition) is 0. The number of para-hydroxylation sites is 3. The number of carbonyl (C=O) groups excluding carboxylic acids is 1. The van der Waals surface area contributed by atoms with Gasteiger partial charge in [-0.15, -0.1) is 0 Å². The summed E-state index contributed by atoms with van der Waals surface area (Å²) in [6.45, 7) is 0. The van der Waals surface area contributed by atoms with Gasteiger partial charge in [-0.2, -0.15) is 0 Å². The van der Waals surface area contributed by atoms with Gasteiger partial charge in [0.25, 0.3) is 0 Å². The van der Waals surface area contributed by atoms with Crippen molar-refractivity contribution in [3.05, 3.63) is 111 Å². The fourth-order valence-corrected chi connectivity index (χ4v) is 3.67. The van der Waals surface area contributed by atoms with Crippen LogP contribution in [0, 0.1) is 0 Å². The lowest BCUT2D eigenvalue weighted by atomic mass is 10.00. The normalized spacial score (nSPS) is 12.6. The first-order valence-corrected chi connectivity index (χ1v) is 9.79. The Morgan fingerprint density at radius 1 is 0.581 bits per heavy atom. The van der Waals surface area contributed by atoms with Gasteiger partial charge in [0.2, 0.25) is 10.9 Å². The molecule has 31 heavy (non-hydrogen) atoms. The molecule has 0 radical (unpaired) electrons. The van der Waals surface area contributed by atoms with Crippen LogP contribution in [0.4, 0.5) is 0 Å². The van der Waals surface area contributed by atoms with E-state index < -0.39 is 0 Å². The lowest BCUT2D eigenvalue weighted by Crippen LogP contribution is -2.18. The molecular formula is C26H16O5. The van der Waals surface area contributed by atoms with Gasteiger partial charge in [0.15, 0.2) is 5.78 Å². The van der Waals surface area contributed by atoms with Crippen LogP contribution in [0.2, 0.25) is 0 Å². The standard InChI is InChI=1S/C13H8O3.C13H8O2/c14-9-5-3-7-11-12(9)13(15)8-4-1-2-6-10(8)16-11;14-13-9-5-1-3-7-11(9)15-12-8-4-2-6-10(12)13/h1-4,6-7H,5H2;1-8H. The Morgan fingerprint density at radius 3 is 1.65 bits per heavy atom. The fraction of sp³-hybridized carbons (Fsp3) is 0.0385. The van der Waals surface area contributed by atoms with Crippen LogP contribution >= 0.6 is 0 Å². The molecule has 2 aromatic heterocycles. The van der Waals surface area contributed by atoms with E-state index in [9.17, 15) is 14.4 Å². The molecule has 0 amide bonds. The lowest BCUT2D eigenvalue weighted by molar-refractivity contribution is 0.0991. The fourth-order valence-electron chi connectivity index (χ4n) is 3.67. The minimum absolute atomic E-state index is 0.0347. The molecule has 0 saturated carbocycles. The Labute approximate surface area is 175 Å². The highest BCUT2D eigenvalue weighted by Gasteiger charge is 2.21. The Hall–Kier alpha value is -4.25. The molecule has 0 bridgehead atoms. The highest BCUT2D eigenvalue weighted by atomic mass is 16.3. The van der Waals surface area contributed by atoms with E-state index in [1.54, 1.807) is 48.6 Å². The zero-order valence-electron chi connectivity index (χ0n) is 16.3. The Bertz CT molecular complexity index is 1560.